The number of carboxylic acids is 1. The van der Waals surface area contributed by atoms with Crippen molar-refractivity contribution in [2.45, 2.75) is 41.7 Å². The van der Waals surface area contributed by atoms with Crippen molar-refractivity contribution in [3.63, 3.8) is 0 Å². The zero-order valence-electron chi connectivity index (χ0n) is 13.7. The molecule has 0 aromatic heterocycles. The van der Waals surface area contributed by atoms with Gasteiger partial charge in [-0.05, 0) is 18.4 Å². The molecule has 1 aromatic rings. The van der Waals surface area contributed by atoms with Crippen LogP contribution in [0.3, 0.4) is 0 Å². The van der Waals surface area contributed by atoms with Gasteiger partial charge in [0.1, 0.15) is 18.7 Å². The standard InChI is InChI=1S/C17H22N2O5S/c18-12(15(20)21)14-19-13(17(25-14)6-8-23-9-7-17)16(22)24-10-11-4-2-1-3-5-11/h1-5,12-14,19H,6-10,18H2,(H,20,21). The van der Waals surface area contributed by atoms with E-state index in [-0.39, 0.29) is 12.6 Å². The number of hydrogen-bond acceptors (Lipinski definition) is 7. The molecule has 3 rings (SSSR count). The van der Waals surface area contributed by atoms with Gasteiger partial charge in [-0.1, -0.05) is 30.3 Å². The average Bonchev–Trinajstić information content (AvgIpc) is 2.99. The molecular formula is C17H22N2O5S. The van der Waals surface area contributed by atoms with Gasteiger partial charge in [-0.2, -0.15) is 0 Å². The lowest BCUT2D eigenvalue weighted by atomic mass is 9.90. The maximum atomic E-state index is 12.7. The average molecular weight is 366 g/mol. The van der Waals surface area contributed by atoms with E-state index in [0.29, 0.717) is 26.1 Å². The second kappa shape index (κ2) is 7.74. The molecule has 3 unspecified atom stereocenters. The van der Waals surface area contributed by atoms with Gasteiger partial charge in [-0.15, -0.1) is 11.8 Å². The van der Waals surface area contributed by atoms with Crippen molar-refractivity contribution in [2.24, 2.45) is 5.73 Å². The van der Waals surface area contributed by atoms with Gasteiger partial charge in [0.15, 0.2) is 0 Å². The van der Waals surface area contributed by atoms with Crippen molar-refractivity contribution in [3.05, 3.63) is 35.9 Å². The Kier molecular flexibility index (Phi) is 5.63. The van der Waals surface area contributed by atoms with Crippen molar-refractivity contribution in [2.75, 3.05) is 13.2 Å². The zero-order valence-corrected chi connectivity index (χ0v) is 14.5. The highest BCUT2D eigenvalue weighted by Gasteiger charge is 2.54. The summed E-state index contributed by atoms with van der Waals surface area (Å²) in [5.41, 5.74) is 6.68. The molecule has 136 valence electrons. The Bertz CT molecular complexity index is 621. The second-order valence-electron chi connectivity index (χ2n) is 6.27. The molecule has 0 amide bonds. The molecule has 2 fully saturated rings. The Morgan fingerprint density at radius 1 is 1.36 bits per heavy atom. The number of aliphatic carboxylic acids is 1. The molecule has 0 saturated carbocycles. The van der Waals surface area contributed by atoms with E-state index in [9.17, 15) is 14.7 Å². The molecule has 0 radical (unpaired) electrons. The summed E-state index contributed by atoms with van der Waals surface area (Å²) in [6, 6.07) is 7.76. The first-order valence-corrected chi connectivity index (χ1v) is 9.10. The van der Waals surface area contributed by atoms with Gasteiger partial charge in [-0.25, -0.2) is 0 Å². The molecule has 0 bridgehead atoms. The van der Waals surface area contributed by atoms with Crippen LogP contribution in [-0.2, 0) is 25.7 Å². The summed E-state index contributed by atoms with van der Waals surface area (Å²) in [4.78, 5) is 23.9. The number of nitrogens with two attached hydrogens (primary N) is 1. The smallest absolute Gasteiger partial charge is 0.324 e. The van der Waals surface area contributed by atoms with Crippen LogP contribution in [0.15, 0.2) is 30.3 Å². The summed E-state index contributed by atoms with van der Waals surface area (Å²) in [5.74, 6) is -1.47. The first-order chi connectivity index (χ1) is 12.0. The number of carboxylic acid groups (broad SMARTS) is 1. The fraction of sp³-hybridized carbons (Fsp3) is 0.529. The Balaban J connectivity index is 1.71. The van der Waals surface area contributed by atoms with Gasteiger partial charge < -0.3 is 20.3 Å². The van der Waals surface area contributed by atoms with Crippen molar-refractivity contribution in [3.8, 4) is 0 Å². The van der Waals surface area contributed by atoms with E-state index in [1.54, 1.807) is 0 Å². The van der Waals surface area contributed by atoms with Gasteiger partial charge in [0.05, 0.1) is 5.37 Å². The van der Waals surface area contributed by atoms with E-state index in [4.69, 9.17) is 15.2 Å². The Morgan fingerprint density at radius 2 is 2.04 bits per heavy atom. The summed E-state index contributed by atoms with van der Waals surface area (Å²) in [5, 5.41) is 11.7. The van der Waals surface area contributed by atoms with Crippen molar-refractivity contribution in [1.82, 2.24) is 5.32 Å². The van der Waals surface area contributed by atoms with Crippen molar-refractivity contribution in [1.29, 1.82) is 0 Å². The first kappa shape index (κ1) is 18.2. The third kappa shape index (κ3) is 3.98. The van der Waals surface area contributed by atoms with E-state index >= 15 is 0 Å². The lowest BCUT2D eigenvalue weighted by molar-refractivity contribution is -0.149. The number of nitrogens with one attached hydrogen (secondary N) is 1. The number of carbonyl (C=O) groups excluding carboxylic acids is 1. The highest BCUT2D eigenvalue weighted by molar-refractivity contribution is 8.01. The van der Waals surface area contributed by atoms with E-state index < -0.39 is 28.2 Å². The van der Waals surface area contributed by atoms with E-state index in [0.717, 1.165) is 5.56 Å². The van der Waals surface area contributed by atoms with Crippen LogP contribution >= 0.6 is 11.8 Å². The highest BCUT2D eigenvalue weighted by atomic mass is 32.2. The number of thioether (sulfide) groups is 1. The highest BCUT2D eigenvalue weighted by Crippen LogP contribution is 2.46. The molecule has 8 heteroatoms. The number of benzene rings is 1. The van der Waals surface area contributed by atoms with Crippen LogP contribution in [0.2, 0.25) is 0 Å². The van der Waals surface area contributed by atoms with E-state index in [2.05, 4.69) is 5.32 Å². The molecule has 1 spiro atoms. The van der Waals surface area contributed by atoms with E-state index in [1.165, 1.54) is 11.8 Å². The molecule has 2 aliphatic rings. The SMILES string of the molecule is NC(C(=O)O)C1NC(C(=O)OCc2ccccc2)C2(CCOCC2)S1. The summed E-state index contributed by atoms with van der Waals surface area (Å²) in [7, 11) is 0. The summed E-state index contributed by atoms with van der Waals surface area (Å²) >= 11 is 1.43. The lowest BCUT2D eigenvalue weighted by Crippen LogP contribution is -2.53. The fourth-order valence-electron chi connectivity index (χ4n) is 3.20. The van der Waals surface area contributed by atoms with Crippen LogP contribution in [0.25, 0.3) is 0 Å². The van der Waals surface area contributed by atoms with Gasteiger partial charge >= 0.3 is 11.9 Å². The van der Waals surface area contributed by atoms with Gasteiger partial charge in [0.2, 0.25) is 0 Å². The third-order valence-corrected chi connectivity index (χ3v) is 6.43. The number of rotatable bonds is 5. The third-order valence-electron chi connectivity index (χ3n) is 4.63. The maximum absolute atomic E-state index is 12.7. The predicted molar refractivity (Wildman–Crippen MR) is 92.9 cm³/mol. The molecule has 1 aromatic carbocycles. The molecule has 2 saturated heterocycles. The topological polar surface area (TPSA) is 111 Å². The minimum atomic E-state index is -1.09. The first-order valence-electron chi connectivity index (χ1n) is 8.22. The summed E-state index contributed by atoms with van der Waals surface area (Å²) in [6.45, 7) is 1.25. The number of ether oxygens (including phenoxy) is 2. The fourth-order valence-corrected chi connectivity index (χ4v) is 4.87. The molecule has 7 nitrogen and oxygen atoms in total. The molecule has 2 aliphatic heterocycles. The van der Waals surface area contributed by atoms with Crippen LogP contribution in [0.1, 0.15) is 18.4 Å². The summed E-state index contributed by atoms with van der Waals surface area (Å²) in [6.07, 6.45) is 1.30. The molecule has 0 aliphatic carbocycles. The number of hydrogen-bond donors (Lipinski definition) is 3. The van der Waals surface area contributed by atoms with Crippen molar-refractivity contribution < 1.29 is 24.2 Å². The molecular weight excluding hydrogens is 344 g/mol. The van der Waals surface area contributed by atoms with Crippen LogP contribution in [0, 0.1) is 0 Å². The molecule has 25 heavy (non-hydrogen) atoms. The Morgan fingerprint density at radius 3 is 2.68 bits per heavy atom. The van der Waals surface area contributed by atoms with Crippen LogP contribution in [-0.4, -0.2) is 52.5 Å². The predicted octanol–water partition coefficient (Wildman–Crippen LogP) is 0.722. The largest absolute Gasteiger partial charge is 0.480 e. The maximum Gasteiger partial charge on any atom is 0.324 e. The Hall–Kier alpha value is -1.61. The molecule has 2 heterocycles. The Labute approximate surface area is 150 Å². The minimum absolute atomic E-state index is 0.185. The van der Waals surface area contributed by atoms with Crippen molar-refractivity contribution >= 4 is 23.7 Å². The quantitative estimate of drug-likeness (QED) is 0.654. The minimum Gasteiger partial charge on any atom is -0.480 e. The van der Waals surface area contributed by atoms with Gasteiger partial charge in [0, 0.05) is 18.0 Å². The van der Waals surface area contributed by atoms with Crippen LogP contribution in [0.4, 0.5) is 0 Å². The van der Waals surface area contributed by atoms with E-state index in [1.807, 2.05) is 30.3 Å². The van der Waals surface area contributed by atoms with Crippen LogP contribution < -0.4 is 11.1 Å². The molecule has 3 atom stereocenters. The van der Waals surface area contributed by atoms with Gasteiger partial charge in [0.25, 0.3) is 0 Å². The lowest BCUT2D eigenvalue weighted by Gasteiger charge is -2.36. The normalized spacial score (nSPS) is 26.3. The number of esters is 1. The summed E-state index contributed by atoms with van der Waals surface area (Å²) < 4.78 is 10.5. The monoisotopic (exact) mass is 366 g/mol. The van der Waals surface area contributed by atoms with Crippen LogP contribution in [0.5, 0.6) is 0 Å². The molecule has 4 N–H and O–H groups in total. The zero-order chi connectivity index (χ0) is 17.9. The van der Waals surface area contributed by atoms with Gasteiger partial charge in [-0.3, -0.25) is 14.9 Å². The number of carbonyl (C=O) groups is 2. The second-order valence-corrected chi connectivity index (χ2v) is 7.83.